The van der Waals surface area contributed by atoms with E-state index in [1.54, 1.807) is 29.2 Å². The van der Waals surface area contributed by atoms with Crippen LogP contribution >= 0.6 is 12.4 Å². The van der Waals surface area contributed by atoms with E-state index in [4.69, 9.17) is 4.74 Å². The van der Waals surface area contributed by atoms with Crippen molar-refractivity contribution in [2.24, 2.45) is 0 Å². The van der Waals surface area contributed by atoms with Crippen LogP contribution in [0.5, 0.6) is 5.75 Å². The highest BCUT2D eigenvalue weighted by atomic mass is 35.5. The van der Waals surface area contributed by atoms with Gasteiger partial charge in [0.25, 0.3) is 11.8 Å². The molecule has 3 N–H and O–H groups in total. The number of hydrogen-bond acceptors (Lipinski definition) is 5. The molecule has 0 saturated heterocycles. The summed E-state index contributed by atoms with van der Waals surface area (Å²) in [6, 6.07) is 17.6. The summed E-state index contributed by atoms with van der Waals surface area (Å²) in [6.45, 7) is 3.79. The van der Waals surface area contributed by atoms with Gasteiger partial charge in [-0.1, -0.05) is 36.4 Å². The molecule has 9 heteroatoms. The van der Waals surface area contributed by atoms with Crippen LogP contribution in [-0.4, -0.2) is 53.7 Å². The number of carbonyl (C=O) groups excluding carboxylic acids is 2. The lowest BCUT2D eigenvalue weighted by molar-refractivity contribution is 0.0779. The molecule has 0 aromatic heterocycles. The molecule has 0 unspecified atom stereocenters. The Kier molecular flexibility index (Phi) is 9.22. The normalized spacial score (nSPS) is 16.6. The molecule has 0 aliphatic carbocycles. The van der Waals surface area contributed by atoms with Crippen molar-refractivity contribution in [3.05, 3.63) is 99.9 Å². The lowest BCUT2D eigenvalue weighted by Crippen LogP contribution is -2.49. The number of fused-ring (bicyclic) bond motifs is 2. The van der Waals surface area contributed by atoms with E-state index in [0.29, 0.717) is 56.0 Å². The van der Waals surface area contributed by atoms with Crippen molar-refractivity contribution in [3.63, 3.8) is 0 Å². The third-order valence-electron chi connectivity index (χ3n) is 7.26. The molecule has 2 aliphatic heterocycles. The molecule has 3 aromatic carbocycles. The molecule has 7 nitrogen and oxygen atoms in total. The van der Waals surface area contributed by atoms with Gasteiger partial charge in [0.1, 0.15) is 11.6 Å². The van der Waals surface area contributed by atoms with E-state index in [2.05, 4.69) is 22.8 Å². The fraction of sp³-hybridized carbons (Fsp3) is 0.333. The molecule has 0 radical (unpaired) electrons. The zero-order valence-corrected chi connectivity index (χ0v) is 22.6. The standard InChI is InChI=1S/C30H32FN3O4.ClH/c1-2-38-28-15-24-22(18-34(30(24)37)12-11-19-7-9-23(31)10-8-19)13-25(28)29(36)33-17-27(35)26-14-20-5-3-4-6-21(20)16-32-26;/h3-10,13,15,26-27,32,35H,2,11-12,14,16-18H2,1H3,(H,33,36);1H/t26-,27+;/m0./s1. The number of rotatable bonds is 9. The van der Waals surface area contributed by atoms with Gasteiger partial charge in [-0.15, -0.1) is 12.4 Å². The molecule has 5 rings (SSSR count). The number of hydrogen-bond donors (Lipinski definition) is 3. The number of nitrogens with one attached hydrogen (secondary N) is 2. The van der Waals surface area contributed by atoms with Crippen LogP contribution in [0.15, 0.2) is 60.7 Å². The molecule has 0 bridgehead atoms. The lowest BCUT2D eigenvalue weighted by atomic mass is 9.93. The number of amides is 2. The maximum absolute atomic E-state index is 13.2. The highest BCUT2D eigenvalue weighted by Crippen LogP contribution is 2.31. The number of aliphatic hydroxyl groups is 1. The van der Waals surface area contributed by atoms with E-state index < -0.39 is 6.10 Å². The van der Waals surface area contributed by atoms with Gasteiger partial charge in [-0.05, 0) is 66.3 Å². The van der Waals surface area contributed by atoms with Crippen molar-refractivity contribution in [3.8, 4) is 5.75 Å². The van der Waals surface area contributed by atoms with E-state index in [9.17, 15) is 19.1 Å². The Morgan fingerprint density at radius 3 is 2.64 bits per heavy atom. The van der Waals surface area contributed by atoms with Crippen molar-refractivity contribution in [2.45, 2.75) is 45.0 Å². The summed E-state index contributed by atoms with van der Waals surface area (Å²) in [6.07, 6.45) is 0.524. The average Bonchev–Trinajstić information content (AvgIpc) is 3.24. The Labute approximate surface area is 233 Å². The minimum atomic E-state index is -0.763. The molecule has 3 aromatic rings. The van der Waals surface area contributed by atoms with Gasteiger partial charge in [0.15, 0.2) is 0 Å². The van der Waals surface area contributed by atoms with Crippen LogP contribution in [0.25, 0.3) is 0 Å². The summed E-state index contributed by atoms with van der Waals surface area (Å²) in [7, 11) is 0. The van der Waals surface area contributed by atoms with Gasteiger partial charge in [-0.2, -0.15) is 0 Å². The summed E-state index contributed by atoms with van der Waals surface area (Å²) in [5.74, 6) is -0.421. The second-order valence-corrected chi connectivity index (χ2v) is 9.78. The predicted molar refractivity (Wildman–Crippen MR) is 149 cm³/mol. The van der Waals surface area contributed by atoms with Gasteiger partial charge in [-0.25, -0.2) is 4.39 Å². The molecule has 0 saturated carbocycles. The predicted octanol–water partition coefficient (Wildman–Crippen LogP) is 3.65. The van der Waals surface area contributed by atoms with E-state index in [1.807, 2.05) is 19.1 Å². The molecule has 39 heavy (non-hydrogen) atoms. The zero-order chi connectivity index (χ0) is 26.6. The fourth-order valence-electron chi connectivity index (χ4n) is 5.14. The van der Waals surface area contributed by atoms with E-state index in [0.717, 1.165) is 11.1 Å². The van der Waals surface area contributed by atoms with E-state index >= 15 is 0 Å². The lowest BCUT2D eigenvalue weighted by Gasteiger charge is -2.30. The maximum atomic E-state index is 13.2. The highest BCUT2D eigenvalue weighted by molar-refractivity contribution is 6.03. The summed E-state index contributed by atoms with van der Waals surface area (Å²) < 4.78 is 18.9. The molecule has 2 heterocycles. The van der Waals surface area contributed by atoms with Crippen LogP contribution in [0.4, 0.5) is 4.39 Å². The summed E-state index contributed by atoms with van der Waals surface area (Å²) in [4.78, 5) is 28.0. The van der Waals surface area contributed by atoms with Crippen LogP contribution in [-0.2, 0) is 25.9 Å². The van der Waals surface area contributed by atoms with Gasteiger partial charge in [0.2, 0.25) is 0 Å². The van der Waals surface area contributed by atoms with Gasteiger partial charge in [-0.3, -0.25) is 9.59 Å². The Morgan fingerprint density at radius 2 is 1.90 bits per heavy atom. The van der Waals surface area contributed by atoms with E-state index in [1.165, 1.54) is 23.3 Å². The Morgan fingerprint density at radius 1 is 1.15 bits per heavy atom. The zero-order valence-electron chi connectivity index (χ0n) is 21.8. The summed E-state index contributed by atoms with van der Waals surface area (Å²) in [5, 5.41) is 17.0. The van der Waals surface area contributed by atoms with Crippen molar-refractivity contribution >= 4 is 24.2 Å². The van der Waals surface area contributed by atoms with Gasteiger partial charge in [0.05, 0.1) is 18.3 Å². The number of halogens is 2. The van der Waals surface area contributed by atoms with Crippen molar-refractivity contribution < 1.29 is 23.8 Å². The monoisotopic (exact) mass is 553 g/mol. The number of nitrogens with zero attached hydrogens (tertiary/aromatic N) is 1. The minimum Gasteiger partial charge on any atom is -0.493 e. The highest BCUT2D eigenvalue weighted by Gasteiger charge is 2.31. The number of aliphatic hydroxyl groups excluding tert-OH is 1. The fourth-order valence-corrected chi connectivity index (χ4v) is 5.14. The first-order valence-corrected chi connectivity index (χ1v) is 13.0. The molecule has 2 atom stereocenters. The van der Waals surface area contributed by atoms with Crippen molar-refractivity contribution in [1.29, 1.82) is 0 Å². The SMILES string of the molecule is CCOc1cc2c(cc1C(=O)NC[C@@H](O)[C@@H]1Cc3ccccc3CN1)CN(CCc1ccc(F)cc1)C2=O.Cl. The summed E-state index contributed by atoms with van der Waals surface area (Å²) >= 11 is 0. The second kappa shape index (κ2) is 12.6. The quantitative estimate of drug-likeness (QED) is 0.376. The van der Waals surface area contributed by atoms with Crippen LogP contribution < -0.4 is 15.4 Å². The third kappa shape index (κ3) is 6.41. The number of ether oxygens (including phenoxy) is 1. The van der Waals surface area contributed by atoms with Crippen LogP contribution in [0.2, 0.25) is 0 Å². The number of benzene rings is 3. The van der Waals surface area contributed by atoms with Gasteiger partial charge in [0, 0.05) is 37.8 Å². The Hall–Kier alpha value is -3.46. The molecular formula is C30H33ClFN3O4. The van der Waals surface area contributed by atoms with Crippen molar-refractivity contribution in [2.75, 3.05) is 19.7 Å². The second-order valence-electron chi connectivity index (χ2n) is 9.78. The molecule has 0 spiro atoms. The molecule has 0 fully saturated rings. The van der Waals surface area contributed by atoms with Crippen molar-refractivity contribution in [1.82, 2.24) is 15.5 Å². The molecule has 2 aliphatic rings. The Balaban J connectivity index is 0.00000353. The number of carbonyl (C=O) groups is 2. The first-order chi connectivity index (χ1) is 18.4. The maximum Gasteiger partial charge on any atom is 0.255 e. The average molecular weight is 554 g/mol. The molecule has 206 valence electrons. The molecular weight excluding hydrogens is 521 g/mol. The van der Waals surface area contributed by atoms with Crippen LogP contribution in [0.3, 0.4) is 0 Å². The van der Waals surface area contributed by atoms with Gasteiger partial charge < -0.3 is 25.4 Å². The van der Waals surface area contributed by atoms with Crippen LogP contribution in [0.1, 0.15) is 49.9 Å². The summed E-state index contributed by atoms with van der Waals surface area (Å²) in [5.41, 5.74) is 4.99. The van der Waals surface area contributed by atoms with Gasteiger partial charge >= 0.3 is 0 Å². The largest absolute Gasteiger partial charge is 0.493 e. The Bertz CT molecular complexity index is 1330. The van der Waals surface area contributed by atoms with E-state index in [-0.39, 0.29) is 42.6 Å². The minimum absolute atomic E-state index is 0. The topological polar surface area (TPSA) is 90.9 Å². The smallest absolute Gasteiger partial charge is 0.255 e. The molecule has 2 amide bonds. The first-order valence-electron chi connectivity index (χ1n) is 13.0. The van der Waals surface area contributed by atoms with Crippen LogP contribution in [0, 0.1) is 5.82 Å². The first kappa shape index (κ1) is 28.5. The third-order valence-corrected chi connectivity index (χ3v) is 7.26.